The highest BCUT2D eigenvalue weighted by atomic mass is 16.6. The van der Waals surface area contributed by atoms with Crippen molar-refractivity contribution in [2.24, 2.45) is 0 Å². The van der Waals surface area contributed by atoms with Gasteiger partial charge in [0.2, 0.25) is 0 Å². The summed E-state index contributed by atoms with van der Waals surface area (Å²) in [6, 6.07) is 12.6. The molecule has 3 rings (SSSR count). The summed E-state index contributed by atoms with van der Waals surface area (Å²) in [4.78, 5) is 30.2. The van der Waals surface area contributed by atoms with Gasteiger partial charge in [0, 0.05) is 6.04 Å². The molecule has 2 aromatic rings. The zero-order valence-corrected chi connectivity index (χ0v) is 17.2. The van der Waals surface area contributed by atoms with E-state index in [0.717, 1.165) is 12.0 Å². The Kier molecular flexibility index (Phi) is 7.97. The van der Waals surface area contributed by atoms with Gasteiger partial charge in [-0.1, -0.05) is 43.2 Å². The number of phenolic OH excluding ortho intramolecular Hbond substituents is 1. The van der Waals surface area contributed by atoms with E-state index in [4.69, 9.17) is 5.11 Å². The summed E-state index contributed by atoms with van der Waals surface area (Å²) in [5.41, 5.74) is -1.48. The van der Waals surface area contributed by atoms with E-state index < -0.39 is 37.6 Å². The predicted octanol–water partition coefficient (Wildman–Crippen LogP) is 4.39. The third kappa shape index (κ3) is 5.95. The molecule has 0 saturated heterocycles. The van der Waals surface area contributed by atoms with E-state index in [2.05, 4.69) is 49.3 Å². The number of nitro benzene ring substituents is 3. The zero-order valence-electron chi connectivity index (χ0n) is 17.2. The van der Waals surface area contributed by atoms with Crippen LogP contribution >= 0.6 is 0 Å². The number of nitro groups is 3. The molecule has 0 aromatic heterocycles. The Morgan fingerprint density at radius 1 is 0.871 bits per heavy atom. The van der Waals surface area contributed by atoms with E-state index in [1.54, 1.807) is 0 Å². The highest BCUT2D eigenvalue weighted by molar-refractivity contribution is 5.64. The van der Waals surface area contributed by atoms with Crippen molar-refractivity contribution >= 4 is 17.1 Å². The molecule has 2 aromatic carbocycles. The van der Waals surface area contributed by atoms with Crippen LogP contribution in [0.25, 0.3) is 0 Å². The van der Waals surface area contributed by atoms with Gasteiger partial charge in [0.1, 0.15) is 0 Å². The van der Waals surface area contributed by atoms with Crippen LogP contribution in [0.3, 0.4) is 0 Å². The van der Waals surface area contributed by atoms with Crippen LogP contribution in [0.1, 0.15) is 37.2 Å². The minimum atomic E-state index is -1.21. The van der Waals surface area contributed by atoms with Gasteiger partial charge in [-0.25, -0.2) is 0 Å². The van der Waals surface area contributed by atoms with Crippen LogP contribution in [0.4, 0.5) is 17.1 Å². The van der Waals surface area contributed by atoms with Crippen molar-refractivity contribution in [2.75, 3.05) is 14.1 Å². The summed E-state index contributed by atoms with van der Waals surface area (Å²) in [6.45, 7) is 0. The lowest BCUT2D eigenvalue weighted by molar-refractivity contribution is -0.404. The van der Waals surface area contributed by atoms with Gasteiger partial charge in [-0.15, -0.1) is 0 Å². The molecule has 11 nitrogen and oxygen atoms in total. The molecule has 0 radical (unpaired) electrons. The van der Waals surface area contributed by atoms with Crippen LogP contribution in [0, 0.1) is 30.3 Å². The van der Waals surface area contributed by atoms with Gasteiger partial charge in [0.05, 0.1) is 26.9 Å². The minimum absolute atomic E-state index is 0.447. The van der Waals surface area contributed by atoms with Gasteiger partial charge in [-0.2, -0.15) is 0 Å². The summed E-state index contributed by atoms with van der Waals surface area (Å²) in [7, 11) is 4.43. The molecule has 11 heteroatoms. The fourth-order valence-electron chi connectivity index (χ4n) is 3.79. The Morgan fingerprint density at radius 3 is 1.84 bits per heavy atom. The molecule has 0 spiro atoms. The summed E-state index contributed by atoms with van der Waals surface area (Å²) in [5, 5.41) is 40.2. The third-order valence-corrected chi connectivity index (χ3v) is 5.28. The average molecular weight is 432 g/mol. The lowest BCUT2D eigenvalue weighted by Gasteiger charge is -2.36. The Bertz CT molecular complexity index is 915. The molecule has 2 unspecified atom stereocenters. The van der Waals surface area contributed by atoms with Crippen molar-refractivity contribution in [1.82, 2.24) is 4.90 Å². The van der Waals surface area contributed by atoms with Gasteiger partial charge in [-0.05, 0) is 38.4 Å². The van der Waals surface area contributed by atoms with Crippen molar-refractivity contribution in [2.45, 2.75) is 37.6 Å². The van der Waals surface area contributed by atoms with Crippen LogP contribution in [0.5, 0.6) is 5.75 Å². The highest BCUT2D eigenvalue weighted by Gasteiger charge is 2.30. The molecule has 31 heavy (non-hydrogen) atoms. The van der Waals surface area contributed by atoms with E-state index in [9.17, 15) is 30.3 Å². The first kappa shape index (κ1) is 23.7. The Hall–Kier alpha value is -3.60. The fourth-order valence-corrected chi connectivity index (χ4v) is 3.79. The largest absolute Gasteiger partial charge is 0.497 e. The van der Waals surface area contributed by atoms with Gasteiger partial charge < -0.3 is 10.0 Å². The maximum atomic E-state index is 10.4. The molecular weight excluding hydrogens is 408 g/mol. The maximum Gasteiger partial charge on any atom is 0.324 e. The van der Waals surface area contributed by atoms with E-state index in [1.165, 1.54) is 31.2 Å². The maximum absolute atomic E-state index is 10.4. The van der Waals surface area contributed by atoms with Crippen LogP contribution < -0.4 is 0 Å². The topological polar surface area (TPSA) is 153 Å². The van der Waals surface area contributed by atoms with Crippen molar-refractivity contribution in [1.29, 1.82) is 0 Å². The fraction of sp³-hybridized carbons (Fsp3) is 0.400. The molecule has 1 fully saturated rings. The van der Waals surface area contributed by atoms with Crippen molar-refractivity contribution in [3.63, 3.8) is 0 Å². The van der Waals surface area contributed by atoms with Crippen molar-refractivity contribution < 1.29 is 19.9 Å². The lowest BCUT2D eigenvalue weighted by atomic mass is 9.79. The Morgan fingerprint density at radius 2 is 1.39 bits per heavy atom. The van der Waals surface area contributed by atoms with Crippen LogP contribution in [0.2, 0.25) is 0 Å². The van der Waals surface area contributed by atoms with Crippen molar-refractivity contribution in [3.8, 4) is 5.75 Å². The molecule has 2 atom stereocenters. The van der Waals surface area contributed by atoms with E-state index in [1.807, 2.05) is 0 Å². The normalized spacial score (nSPS) is 18.0. The minimum Gasteiger partial charge on any atom is -0.497 e. The smallest absolute Gasteiger partial charge is 0.324 e. The number of likely N-dealkylation sites (N-methyl/N-ethyl adjacent to an activating group) is 1. The molecule has 1 aliphatic rings. The molecule has 0 heterocycles. The first-order valence-corrected chi connectivity index (χ1v) is 9.65. The van der Waals surface area contributed by atoms with E-state index in [0.29, 0.717) is 12.1 Å². The molecule has 1 saturated carbocycles. The average Bonchev–Trinajstić information content (AvgIpc) is 2.74. The Balaban J connectivity index is 0.000000220. The molecular formula is C20H24N4O7. The molecule has 166 valence electrons. The second kappa shape index (κ2) is 10.4. The number of rotatable bonds is 5. The van der Waals surface area contributed by atoms with Crippen molar-refractivity contribution in [3.05, 3.63) is 78.4 Å². The summed E-state index contributed by atoms with van der Waals surface area (Å²) in [5.74, 6) is -0.462. The number of aromatic hydroxyl groups is 1. The second-order valence-corrected chi connectivity index (χ2v) is 7.44. The lowest BCUT2D eigenvalue weighted by Crippen LogP contribution is -2.36. The van der Waals surface area contributed by atoms with Gasteiger partial charge in [0.25, 0.3) is 11.4 Å². The van der Waals surface area contributed by atoms with Crippen LogP contribution in [0.15, 0.2) is 42.5 Å². The number of benzene rings is 2. The Labute approximate surface area is 178 Å². The van der Waals surface area contributed by atoms with Crippen LogP contribution in [-0.2, 0) is 0 Å². The summed E-state index contributed by atoms with van der Waals surface area (Å²) < 4.78 is 0. The number of phenols is 1. The highest BCUT2D eigenvalue weighted by Crippen LogP contribution is 2.39. The van der Waals surface area contributed by atoms with Gasteiger partial charge in [-0.3, -0.25) is 30.3 Å². The third-order valence-electron chi connectivity index (χ3n) is 5.28. The van der Waals surface area contributed by atoms with E-state index >= 15 is 0 Å². The molecule has 1 N–H and O–H groups in total. The SMILES string of the molecule is CN(C)C1CCCCC1c1ccccc1.O=[N+]([O-])c1cc([N+](=O)[O-])c(O)c([N+](=O)[O-])c1. The standard InChI is InChI=1S/C14H21N.C6H3N3O7/c1-15(2)14-11-7-6-10-13(14)12-8-4-3-5-9-12;10-6-4(8(13)14)1-3(7(11)12)2-5(6)9(15)16/h3-5,8-9,13-14H,6-7,10-11H2,1-2H3;1-2,10H. The first-order chi connectivity index (χ1) is 14.6. The molecule has 0 amide bonds. The van der Waals surface area contributed by atoms with Gasteiger partial charge in [0.15, 0.2) is 0 Å². The number of non-ortho nitro benzene ring substituents is 1. The number of hydrogen-bond donors (Lipinski definition) is 1. The van der Waals surface area contributed by atoms with Crippen LogP contribution in [-0.4, -0.2) is 44.9 Å². The number of nitrogens with zero attached hydrogens (tertiary/aromatic N) is 4. The zero-order chi connectivity index (χ0) is 23.1. The molecule has 1 aliphatic carbocycles. The summed E-state index contributed by atoms with van der Waals surface area (Å²) in [6.07, 6.45) is 5.50. The summed E-state index contributed by atoms with van der Waals surface area (Å²) >= 11 is 0. The van der Waals surface area contributed by atoms with E-state index in [-0.39, 0.29) is 0 Å². The first-order valence-electron chi connectivity index (χ1n) is 9.65. The monoisotopic (exact) mass is 432 g/mol. The molecule has 0 bridgehead atoms. The second-order valence-electron chi connectivity index (χ2n) is 7.44. The van der Waals surface area contributed by atoms with Gasteiger partial charge >= 0.3 is 11.4 Å². The number of hydrogen-bond acceptors (Lipinski definition) is 8. The molecule has 0 aliphatic heterocycles. The predicted molar refractivity (Wildman–Crippen MR) is 113 cm³/mol. The quantitative estimate of drug-likeness (QED) is 0.539.